The number of carbonyl (C=O) groups is 1. The number of halogens is 1. The molecule has 3 nitrogen and oxygen atoms in total. The Morgan fingerprint density at radius 1 is 1.43 bits per heavy atom. The molecule has 0 spiro atoms. The number of nitrogens with zero attached hydrogens (tertiary/aromatic N) is 1. The maximum Gasteiger partial charge on any atom is 0.244 e. The monoisotopic (exact) mass is 326 g/mol. The van der Waals surface area contributed by atoms with Crippen LogP contribution in [0, 0.1) is 0 Å². The summed E-state index contributed by atoms with van der Waals surface area (Å²) >= 11 is 7.74. The molecule has 1 amide bonds. The first kappa shape index (κ1) is 16.7. The standard InChI is InChI=1S/C16H23ClN2OS/c1-5-16(3)15(20)19(11(2)10-21-4)14(18-16)12-6-8-13(17)9-7-12/h6-9,11,14,18H,5,10H2,1-4H3. The quantitative estimate of drug-likeness (QED) is 0.895. The maximum atomic E-state index is 12.9. The van der Waals surface area contributed by atoms with Gasteiger partial charge >= 0.3 is 0 Å². The number of thioether (sulfide) groups is 1. The number of hydrogen-bond acceptors (Lipinski definition) is 3. The van der Waals surface area contributed by atoms with Crippen molar-refractivity contribution in [2.24, 2.45) is 0 Å². The van der Waals surface area contributed by atoms with E-state index in [-0.39, 0.29) is 18.1 Å². The van der Waals surface area contributed by atoms with E-state index in [1.807, 2.05) is 43.0 Å². The molecule has 0 saturated carbocycles. The van der Waals surface area contributed by atoms with Crippen LogP contribution in [-0.4, -0.2) is 34.4 Å². The Balaban J connectivity index is 2.36. The van der Waals surface area contributed by atoms with Gasteiger partial charge in [0.1, 0.15) is 6.17 Å². The Morgan fingerprint density at radius 2 is 2.05 bits per heavy atom. The Kier molecular flexibility index (Phi) is 5.23. The second kappa shape index (κ2) is 6.59. The van der Waals surface area contributed by atoms with Gasteiger partial charge in [0.2, 0.25) is 5.91 Å². The van der Waals surface area contributed by atoms with E-state index in [9.17, 15) is 4.79 Å². The van der Waals surface area contributed by atoms with Crippen molar-refractivity contribution in [3.63, 3.8) is 0 Å². The number of hydrogen-bond donors (Lipinski definition) is 1. The van der Waals surface area contributed by atoms with Gasteiger partial charge in [-0.15, -0.1) is 0 Å². The lowest BCUT2D eigenvalue weighted by atomic mass is 9.99. The van der Waals surface area contributed by atoms with Crippen molar-refractivity contribution < 1.29 is 4.79 Å². The molecule has 1 aliphatic heterocycles. The normalized spacial score (nSPS) is 27.2. The molecular formula is C16H23ClN2OS. The fraction of sp³-hybridized carbons (Fsp3) is 0.562. The maximum absolute atomic E-state index is 12.9. The Morgan fingerprint density at radius 3 is 2.57 bits per heavy atom. The first-order valence-corrected chi connectivity index (χ1v) is 9.05. The highest BCUT2D eigenvalue weighted by atomic mass is 35.5. The summed E-state index contributed by atoms with van der Waals surface area (Å²) in [5.74, 6) is 1.11. The summed E-state index contributed by atoms with van der Waals surface area (Å²) < 4.78 is 0. The van der Waals surface area contributed by atoms with Crippen molar-refractivity contribution >= 4 is 29.3 Å². The SMILES string of the molecule is CCC1(C)NC(c2ccc(Cl)cc2)N(C(C)CSC)C1=O. The van der Waals surface area contributed by atoms with Gasteiger partial charge in [-0.25, -0.2) is 0 Å². The molecule has 1 aromatic rings. The molecule has 0 bridgehead atoms. The fourth-order valence-electron chi connectivity index (χ4n) is 2.75. The van der Waals surface area contributed by atoms with E-state index in [0.717, 1.165) is 17.7 Å². The minimum atomic E-state index is -0.489. The molecule has 0 aliphatic carbocycles. The van der Waals surface area contributed by atoms with Crippen LogP contribution in [0.4, 0.5) is 0 Å². The smallest absolute Gasteiger partial charge is 0.244 e. The zero-order valence-corrected chi connectivity index (χ0v) is 14.6. The first-order valence-electron chi connectivity index (χ1n) is 7.28. The lowest BCUT2D eigenvalue weighted by molar-refractivity contribution is -0.134. The molecule has 21 heavy (non-hydrogen) atoms. The van der Waals surface area contributed by atoms with Crippen molar-refractivity contribution in [3.8, 4) is 0 Å². The second-order valence-electron chi connectivity index (χ2n) is 5.80. The molecule has 0 radical (unpaired) electrons. The van der Waals surface area contributed by atoms with Gasteiger partial charge in [-0.2, -0.15) is 11.8 Å². The molecule has 116 valence electrons. The third kappa shape index (κ3) is 3.22. The van der Waals surface area contributed by atoms with Gasteiger partial charge in [0.15, 0.2) is 0 Å². The van der Waals surface area contributed by atoms with E-state index < -0.39 is 5.54 Å². The van der Waals surface area contributed by atoms with Crippen LogP contribution in [0.3, 0.4) is 0 Å². The van der Waals surface area contributed by atoms with E-state index in [1.165, 1.54) is 0 Å². The minimum Gasteiger partial charge on any atom is -0.318 e. The summed E-state index contributed by atoms with van der Waals surface area (Å²) in [6.07, 6.45) is 2.76. The highest BCUT2D eigenvalue weighted by Gasteiger charge is 2.48. The Bertz CT molecular complexity index is 508. The Labute approximate surface area is 136 Å². The number of amides is 1. The molecular weight excluding hydrogens is 304 g/mol. The number of benzene rings is 1. The molecule has 3 unspecified atom stereocenters. The van der Waals surface area contributed by atoms with Crippen molar-refractivity contribution in [2.75, 3.05) is 12.0 Å². The van der Waals surface area contributed by atoms with Gasteiger partial charge in [0.05, 0.1) is 5.54 Å². The summed E-state index contributed by atoms with van der Waals surface area (Å²) in [7, 11) is 0. The number of nitrogens with one attached hydrogen (secondary N) is 1. The molecule has 1 heterocycles. The zero-order valence-electron chi connectivity index (χ0n) is 13.0. The van der Waals surface area contributed by atoms with E-state index in [4.69, 9.17) is 11.6 Å². The molecule has 0 aromatic heterocycles. The van der Waals surface area contributed by atoms with Crippen LogP contribution in [0.1, 0.15) is 38.9 Å². The molecule has 5 heteroatoms. The van der Waals surface area contributed by atoms with Crippen LogP contribution < -0.4 is 5.32 Å². The van der Waals surface area contributed by atoms with Gasteiger partial charge in [-0.1, -0.05) is 30.7 Å². The van der Waals surface area contributed by atoms with Crippen LogP contribution in [0.15, 0.2) is 24.3 Å². The van der Waals surface area contributed by atoms with Crippen LogP contribution in [-0.2, 0) is 4.79 Å². The van der Waals surface area contributed by atoms with E-state index >= 15 is 0 Å². The minimum absolute atomic E-state index is 0.0816. The molecule has 1 N–H and O–H groups in total. The molecule has 2 rings (SSSR count). The van der Waals surface area contributed by atoms with Crippen molar-refractivity contribution in [1.82, 2.24) is 10.2 Å². The molecule has 1 saturated heterocycles. The molecule has 1 fully saturated rings. The van der Waals surface area contributed by atoms with Gasteiger partial charge < -0.3 is 4.90 Å². The van der Waals surface area contributed by atoms with E-state index in [1.54, 1.807) is 11.8 Å². The molecule has 1 aromatic carbocycles. The number of carbonyl (C=O) groups excluding carboxylic acids is 1. The van der Waals surface area contributed by atoms with Gasteiger partial charge in [-0.3, -0.25) is 10.1 Å². The third-order valence-corrected chi connectivity index (χ3v) is 5.28. The number of rotatable bonds is 5. The average Bonchev–Trinajstić information content (AvgIpc) is 2.73. The van der Waals surface area contributed by atoms with Crippen LogP contribution in [0.2, 0.25) is 5.02 Å². The predicted octanol–water partition coefficient (Wildman–Crippen LogP) is 3.69. The largest absolute Gasteiger partial charge is 0.318 e. The summed E-state index contributed by atoms with van der Waals surface area (Å²) in [6.45, 7) is 6.15. The van der Waals surface area contributed by atoms with Gasteiger partial charge in [-0.05, 0) is 44.2 Å². The van der Waals surface area contributed by atoms with Gasteiger partial charge in [0, 0.05) is 16.8 Å². The van der Waals surface area contributed by atoms with E-state index in [2.05, 4.69) is 18.5 Å². The average molecular weight is 327 g/mol. The van der Waals surface area contributed by atoms with Crippen LogP contribution >= 0.6 is 23.4 Å². The Hall–Kier alpha value is -0.710. The van der Waals surface area contributed by atoms with Crippen LogP contribution in [0.5, 0.6) is 0 Å². The van der Waals surface area contributed by atoms with Crippen molar-refractivity contribution in [2.45, 2.75) is 44.9 Å². The van der Waals surface area contributed by atoms with Crippen LogP contribution in [0.25, 0.3) is 0 Å². The van der Waals surface area contributed by atoms with Gasteiger partial charge in [0.25, 0.3) is 0 Å². The third-order valence-electron chi connectivity index (χ3n) is 4.22. The first-order chi connectivity index (χ1) is 9.92. The fourth-order valence-corrected chi connectivity index (χ4v) is 3.52. The summed E-state index contributed by atoms with van der Waals surface area (Å²) in [6, 6.07) is 7.93. The lowest BCUT2D eigenvalue weighted by Gasteiger charge is -2.30. The van der Waals surface area contributed by atoms with Crippen molar-refractivity contribution in [1.29, 1.82) is 0 Å². The van der Waals surface area contributed by atoms with E-state index in [0.29, 0.717) is 5.02 Å². The summed E-state index contributed by atoms with van der Waals surface area (Å²) in [4.78, 5) is 14.8. The molecule has 3 atom stereocenters. The summed E-state index contributed by atoms with van der Waals surface area (Å²) in [5, 5.41) is 4.23. The van der Waals surface area contributed by atoms with Crippen molar-refractivity contribution in [3.05, 3.63) is 34.9 Å². The highest BCUT2D eigenvalue weighted by molar-refractivity contribution is 7.98. The topological polar surface area (TPSA) is 32.3 Å². The summed E-state index contributed by atoms with van der Waals surface area (Å²) in [5.41, 5.74) is 0.592. The lowest BCUT2D eigenvalue weighted by Crippen LogP contribution is -2.44. The zero-order chi connectivity index (χ0) is 15.6. The highest BCUT2D eigenvalue weighted by Crippen LogP contribution is 2.35. The second-order valence-corrected chi connectivity index (χ2v) is 7.15. The predicted molar refractivity (Wildman–Crippen MR) is 90.7 cm³/mol. The molecule has 1 aliphatic rings.